The molecule has 0 bridgehead atoms. The van der Waals surface area contributed by atoms with E-state index in [1.54, 1.807) is 7.11 Å². The standard InChI is InChI=1S/C24H28N2O4/c1-17-6-3-4-9-20(17)23(27)26-15-21(18-7-5-8-19(14-18)29-2)22(16-26)24(28)25-10-12-30-13-11-25/h3-9,14,21-22H,10-13,15-16H2,1-2H3/t21-,22+/m1/s1. The molecular formula is C24H28N2O4. The number of nitrogens with zero attached hydrogens (tertiary/aromatic N) is 2. The fourth-order valence-corrected chi connectivity index (χ4v) is 4.43. The van der Waals surface area contributed by atoms with Crippen LogP contribution in [0.5, 0.6) is 5.75 Å². The highest BCUT2D eigenvalue weighted by Gasteiger charge is 2.42. The van der Waals surface area contributed by atoms with Gasteiger partial charge >= 0.3 is 0 Å². The highest BCUT2D eigenvalue weighted by Crippen LogP contribution is 2.36. The molecule has 2 amide bonds. The van der Waals surface area contributed by atoms with Gasteiger partial charge in [-0.3, -0.25) is 9.59 Å². The monoisotopic (exact) mass is 408 g/mol. The Hall–Kier alpha value is -2.86. The van der Waals surface area contributed by atoms with Gasteiger partial charge in [-0.25, -0.2) is 0 Å². The first-order valence-electron chi connectivity index (χ1n) is 10.4. The van der Waals surface area contributed by atoms with E-state index in [0.29, 0.717) is 45.0 Å². The third kappa shape index (κ3) is 4.05. The number of hydrogen-bond donors (Lipinski definition) is 0. The van der Waals surface area contributed by atoms with Crippen LogP contribution in [-0.2, 0) is 9.53 Å². The van der Waals surface area contributed by atoms with Crippen molar-refractivity contribution >= 4 is 11.8 Å². The molecule has 158 valence electrons. The van der Waals surface area contributed by atoms with Crippen LogP contribution < -0.4 is 4.74 Å². The molecule has 6 nitrogen and oxygen atoms in total. The fourth-order valence-electron chi connectivity index (χ4n) is 4.43. The lowest BCUT2D eigenvalue weighted by atomic mass is 9.87. The van der Waals surface area contributed by atoms with Crippen molar-refractivity contribution in [2.45, 2.75) is 12.8 Å². The molecule has 2 fully saturated rings. The van der Waals surface area contributed by atoms with Crippen LogP contribution in [0.3, 0.4) is 0 Å². The van der Waals surface area contributed by atoms with Crippen molar-refractivity contribution in [3.63, 3.8) is 0 Å². The molecule has 0 aliphatic carbocycles. The Balaban J connectivity index is 1.63. The quantitative estimate of drug-likeness (QED) is 0.781. The van der Waals surface area contributed by atoms with Gasteiger partial charge in [0.1, 0.15) is 5.75 Å². The van der Waals surface area contributed by atoms with Gasteiger partial charge in [0, 0.05) is 37.7 Å². The maximum atomic E-state index is 13.4. The van der Waals surface area contributed by atoms with Crippen molar-refractivity contribution in [1.29, 1.82) is 0 Å². The Kier molecular flexibility index (Phi) is 6.04. The smallest absolute Gasteiger partial charge is 0.254 e. The van der Waals surface area contributed by atoms with Gasteiger partial charge < -0.3 is 19.3 Å². The van der Waals surface area contributed by atoms with Crippen LogP contribution in [0.15, 0.2) is 48.5 Å². The third-order valence-electron chi connectivity index (χ3n) is 6.14. The van der Waals surface area contributed by atoms with Crippen LogP contribution in [0.4, 0.5) is 0 Å². The third-order valence-corrected chi connectivity index (χ3v) is 6.14. The molecule has 2 aliphatic heterocycles. The first-order valence-corrected chi connectivity index (χ1v) is 10.4. The van der Waals surface area contributed by atoms with Crippen LogP contribution in [0.1, 0.15) is 27.4 Å². The second-order valence-corrected chi connectivity index (χ2v) is 7.95. The molecule has 0 spiro atoms. The number of morpholine rings is 1. The van der Waals surface area contributed by atoms with E-state index in [-0.39, 0.29) is 23.7 Å². The van der Waals surface area contributed by atoms with E-state index in [0.717, 1.165) is 16.9 Å². The summed E-state index contributed by atoms with van der Waals surface area (Å²) < 4.78 is 10.8. The SMILES string of the molecule is COc1cccc([C@H]2CN(C(=O)c3ccccc3C)C[C@@H]2C(=O)N2CCOCC2)c1. The second kappa shape index (κ2) is 8.88. The Morgan fingerprint density at radius 3 is 2.50 bits per heavy atom. The van der Waals surface area contributed by atoms with Crippen molar-refractivity contribution in [2.75, 3.05) is 46.5 Å². The lowest BCUT2D eigenvalue weighted by molar-refractivity contribution is -0.139. The summed E-state index contributed by atoms with van der Waals surface area (Å²) in [6.07, 6.45) is 0. The number of rotatable bonds is 4. The molecule has 30 heavy (non-hydrogen) atoms. The van der Waals surface area contributed by atoms with Crippen molar-refractivity contribution in [3.8, 4) is 5.75 Å². The Bertz CT molecular complexity index is 923. The highest BCUT2D eigenvalue weighted by molar-refractivity contribution is 5.96. The van der Waals surface area contributed by atoms with Crippen molar-refractivity contribution in [1.82, 2.24) is 9.80 Å². The molecule has 0 aromatic heterocycles. The van der Waals surface area contributed by atoms with Gasteiger partial charge in [0.15, 0.2) is 0 Å². The largest absolute Gasteiger partial charge is 0.497 e. The number of amides is 2. The minimum Gasteiger partial charge on any atom is -0.497 e. The van der Waals surface area contributed by atoms with Gasteiger partial charge in [-0.15, -0.1) is 0 Å². The number of carbonyl (C=O) groups is 2. The van der Waals surface area contributed by atoms with Gasteiger partial charge in [-0.1, -0.05) is 30.3 Å². The van der Waals surface area contributed by atoms with Gasteiger partial charge in [0.25, 0.3) is 5.91 Å². The molecule has 2 aromatic carbocycles. The topological polar surface area (TPSA) is 59.1 Å². The Morgan fingerprint density at radius 1 is 1.00 bits per heavy atom. The summed E-state index contributed by atoms with van der Waals surface area (Å²) in [4.78, 5) is 30.4. The predicted molar refractivity (Wildman–Crippen MR) is 114 cm³/mol. The predicted octanol–water partition coefficient (Wildman–Crippen LogP) is 2.72. The summed E-state index contributed by atoms with van der Waals surface area (Å²) in [5.41, 5.74) is 2.67. The number of likely N-dealkylation sites (tertiary alicyclic amines) is 1. The summed E-state index contributed by atoms with van der Waals surface area (Å²) in [7, 11) is 1.64. The van der Waals surface area contributed by atoms with E-state index < -0.39 is 0 Å². The number of benzene rings is 2. The lowest BCUT2D eigenvalue weighted by Crippen LogP contribution is -2.45. The molecule has 0 radical (unpaired) electrons. The summed E-state index contributed by atoms with van der Waals surface area (Å²) >= 11 is 0. The maximum Gasteiger partial charge on any atom is 0.254 e. The summed E-state index contributed by atoms with van der Waals surface area (Å²) in [6.45, 7) is 5.21. The summed E-state index contributed by atoms with van der Waals surface area (Å²) in [5.74, 6) is 0.504. The number of aryl methyl sites for hydroxylation is 1. The first kappa shape index (κ1) is 20.4. The van der Waals surface area contributed by atoms with Crippen LogP contribution >= 0.6 is 0 Å². The normalized spacial score (nSPS) is 21.5. The van der Waals surface area contributed by atoms with Crippen LogP contribution in [0.2, 0.25) is 0 Å². The Morgan fingerprint density at radius 2 is 1.77 bits per heavy atom. The molecular weight excluding hydrogens is 380 g/mol. The molecule has 2 atom stereocenters. The van der Waals surface area contributed by atoms with Gasteiger partial charge in [0.2, 0.25) is 5.91 Å². The second-order valence-electron chi connectivity index (χ2n) is 7.95. The molecule has 2 aliphatic rings. The van der Waals surface area contributed by atoms with Crippen LogP contribution in [0, 0.1) is 12.8 Å². The fraction of sp³-hybridized carbons (Fsp3) is 0.417. The van der Waals surface area contributed by atoms with Gasteiger partial charge in [-0.2, -0.15) is 0 Å². The van der Waals surface area contributed by atoms with E-state index in [1.165, 1.54) is 0 Å². The molecule has 2 heterocycles. The van der Waals surface area contributed by atoms with E-state index in [2.05, 4.69) is 0 Å². The van der Waals surface area contributed by atoms with E-state index in [9.17, 15) is 9.59 Å². The van der Waals surface area contributed by atoms with E-state index >= 15 is 0 Å². The van der Waals surface area contributed by atoms with E-state index in [4.69, 9.17) is 9.47 Å². The van der Waals surface area contributed by atoms with Crippen molar-refractivity contribution in [3.05, 3.63) is 65.2 Å². The average Bonchev–Trinajstić information content (AvgIpc) is 3.24. The summed E-state index contributed by atoms with van der Waals surface area (Å²) in [6, 6.07) is 15.4. The molecule has 2 saturated heterocycles. The number of methoxy groups -OCH3 is 1. The van der Waals surface area contributed by atoms with Gasteiger partial charge in [-0.05, 0) is 36.2 Å². The number of ether oxygens (including phenoxy) is 2. The number of carbonyl (C=O) groups excluding carboxylic acids is 2. The molecule has 0 unspecified atom stereocenters. The number of hydrogen-bond acceptors (Lipinski definition) is 4. The minimum absolute atomic E-state index is 0.0155. The van der Waals surface area contributed by atoms with Crippen molar-refractivity contribution < 1.29 is 19.1 Å². The molecule has 4 rings (SSSR count). The molecule has 2 aromatic rings. The zero-order valence-electron chi connectivity index (χ0n) is 17.5. The zero-order valence-corrected chi connectivity index (χ0v) is 17.5. The first-order chi connectivity index (χ1) is 14.6. The van der Waals surface area contributed by atoms with E-state index in [1.807, 2.05) is 65.3 Å². The molecule has 6 heteroatoms. The van der Waals surface area contributed by atoms with Crippen LogP contribution in [-0.4, -0.2) is 68.1 Å². The Labute approximate surface area is 177 Å². The maximum absolute atomic E-state index is 13.4. The lowest BCUT2D eigenvalue weighted by Gasteiger charge is -2.31. The summed E-state index contributed by atoms with van der Waals surface area (Å²) in [5, 5.41) is 0. The zero-order chi connectivity index (χ0) is 21.1. The van der Waals surface area contributed by atoms with Crippen LogP contribution in [0.25, 0.3) is 0 Å². The molecule has 0 saturated carbocycles. The highest BCUT2D eigenvalue weighted by atomic mass is 16.5. The molecule has 0 N–H and O–H groups in total. The average molecular weight is 408 g/mol. The van der Waals surface area contributed by atoms with Gasteiger partial charge in [0.05, 0.1) is 26.2 Å². The van der Waals surface area contributed by atoms with Crippen molar-refractivity contribution in [2.24, 2.45) is 5.92 Å². The minimum atomic E-state index is -0.275.